The summed E-state index contributed by atoms with van der Waals surface area (Å²) in [6.07, 6.45) is 1.69. The number of anilines is 1. The number of nitrogens with one attached hydrogen (secondary N) is 1. The van der Waals surface area contributed by atoms with Crippen molar-refractivity contribution >= 4 is 23.4 Å². The second-order valence-corrected chi connectivity index (χ2v) is 5.93. The minimum Gasteiger partial charge on any atom is -0.347 e. The molecule has 118 valence electrons. The third-order valence-electron chi connectivity index (χ3n) is 2.97. The Morgan fingerprint density at radius 3 is 2.82 bits per heavy atom. The second kappa shape index (κ2) is 7.26. The fourth-order valence-corrected chi connectivity index (χ4v) is 2.56. The lowest BCUT2D eigenvalue weighted by Gasteiger charge is -2.12. The molecular weight excluding hydrogens is 300 g/mol. The summed E-state index contributed by atoms with van der Waals surface area (Å²) >= 11 is 1.13. The summed E-state index contributed by atoms with van der Waals surface area (Å²) in [7, 11) is 3.77. The second-order valence-electron chi connectivity index (χ2n) is 5.18. The molecule has 0 bridgehead atoms. The Morgan fingerprint density at radius 2 is 2.14 bits per heavy atom. The van der Waals surface area contributed by atoms with Crippen LogP contribution in [0.3, 0.4) is 0 Å². The molecule has 1 amide bonds. The number of hydrogen-bond donors (Lipinski definition) is 1. The van der Waals surface area contributed by atoms with Crippen LogP contribution in [0.15, 0.2) is 6.07 Å². The first-order valence-corrected chi connectivity index (χ1v) is 7.90. The van der Waals surface area contributed by atoms with Crippen LogP contribution in [0.5, 0.6) is 0 Å². The molecule has 0 aliphatic heterocycles. The highest BCUT2D eigenvalue weighted by molar-refractivity contribution is 7.08. The fourth-order valence-electron chi connectivity index (χ4n) is 1.94. The van der Waals surface area contributed by atoms with Crippen LogP contribution >= 0.6 is 11.5 Å². The van der Waals surface area contributed by atoms with Crippen LogP contribution in [0.1, 0.15) is 40.1 Å². The maximum Gasteiger partial charge on any atom is 0.265 e. The molecule has 0 aromatic carbocycles. The average molecular weight is 320 g/mol. The predicted molar refractivity (Wildman–Crippen MR) is 86.2 cm³/mol. The van der Waals surface area contributed by atoms with Gasteiger partial charge in [-0.05, 0) is 30.9 Å². The Balaban J connectivity index is 2.06. The van der Waals surface area contributed by atoms with Crippen LogP contribution in [0.25, 0.3) is 0 Å². The van der Waals surface area contributed by atoms with Crippen molar-refractivity contribution in [2.45, 2.75) is 33.2 Å². The van der Waals surface area contributed by atoms with Gasteiger partial charge in [0.1, 0.15) is 4.88 Å². The summed E-state index contributed by atoms with van der Waals surface area (Å²) < 4.78 is 3.87. The molecule has 0 saturated heterocycles. The maximum absolute atomic E-state index is 12.2. The van der Waals surface area contributed by atoms with Crippen molar-refractivity contribution in [1.82, 2.24) is 24.9 Å². The number of aryl methyl sites for hydroxylation is 2. The van der Waals surface area contributed by atoms with E-state index < -0.39 is 0 Å². The van der Waals surface area contributed by atoms with Crippen LogP contribution in [-0.2, 0) is 13.0 Å². The van der Waals surface area contributed by atoms with Gasteiger partial charge in [0.25, 0.3) is 5.91 Å². The van der Waals surface area contributed by atoms with Crippen molar-refractivity contribution in [1.29, 1.82) is 0 Å². The monoisotopic (exact) mass is 320 g/mol. The first-order valence-electron chi connectivity index (χ1n) is 7.12. The van der Waals surface area contributed by atoms with Crippen LogP contribution in [-0.4, -0.2) is 39.6 Å². The quantitative estimate of drug-likeness (QED) is 0.870. The minimum atomic E-state index is -0.152. The lowest BCUT2D eigenvalue weighted by atomic mass is 10.2. The first kappa shape index (κ1) is 16.3. The van der Waals surface area contributed by atoms with Gasteiger partial charge in [-0.25, -0.2) is 9.97 Å². The highest BCUT2D eigenvalue weighted by Crippen LogP contribution is 2.13. The van der Waals surface area contributed by atoms with E-state index in [1.54, 1.807) is 0 Å². The zero-order chi connectivity index (χ0) is 16.1. The number of hydrogen-bond acceptors (Lipinski definition) is 7. The smallest absolute Gasteiger partial charge is 0.265 e. The van der Waals surface area contributed by atoms with Crippen molar-refractivity contribution in [2.75, 3.05) is 19.0 Å². The molecule has 2 rings (SSSR count). The van der Waals surface area contributed by atoms with Crippen LogP contribution in [0.2, 0.25) is 0 Å². The van der Waals surface area contributed by atoms with E-state index in [1.807, 2.05) is 38.9 Å². The van der Waals surface area contributed by atoms with Gasteiger partial charge in [0.05, 0.1) is 17.9 Å². The van der Waals surface area contributed by atoms with E-state index in [1.165, 1.54) is 0 Å². The molecule has 0 aliphatic carbocycles. The van der Waals surface area contributed by atoms with Crippen molar-refractivity contribution in [2.24, 2.45) is 0 Å². The number of rotatable bonds is 6. The number of carbonyl (C=O) groups is 1. The topological polar surface area (TPSA) is 83.9 Å². The number of carbonyl (C=O) groups excluding carboxylic acids is 1. The Hall–Kier alpha value is -2.09. The summed E-state index contributed by atoms with van der Waals surface area (Å²) in [5.74, 6) is 0.483. The predicted octanol–water partition coefficient (Wildman–Crippen LogP) is 1.59. The van der Waals surface area contributed by atoms with E-state index in [-0.39, 0.29) is 5.91 Å². The van der Waals surface area contributed by atoms with E-state index in [4.69, 9.17) is 0 Å². The SMILES string of the molecule is CCCc1nnsc1C(=O)NCc1cc(C)nc(N(C)C)n1. The molecule has 2 aromatic heterocycles. The van der Waals surface area contributed by atoms with Crippen LogP contribution in [0, 0.1) is 6.92 Å². The summed E-state index contributed by atoms with van der Waals surface area (Å²) in [6.45, 7) is 4.31. The molecule has 22 heavy (non-hydrogen) atoms. The average Bonchev–Trinajstić information content (AvgIpc) is 2.93. The van der Waals surface area contributed by atoms with Gasteiger partial charge in [0.2, 0.25) is 5.95 Å². The van der Waals surface area contributed by atoms with Crippen molar-refractivity contribution in [3.8, 4) is 0 Å². The molecule has 0 radical (unpaired) electrons. The molecule has 0 spiro atoms. The summed E-state index contributed by atoms with van der Waals surface area (Å²) in [4.78, 5) is 23.4. The molecule has 8 heteroatoms. The van der Waals surface area contributed by atoms with E-state index >= 15 is 0 Å². The van der Waals surface area contributed by atoms with Crippen LogP contribution in [0.4, 0.5) is 5.95 Å². The summed E-state index contributed by atoms with van der Waals surface area (Å²) in [5.41, 5.74) is 2.41. The number of aromatic nitrogens is 4. The molecule has 0 saturated carbocycles. The molecule has 2 heterocycles. The van der Waals surface area contributed by atoms with Crippen molar-refractivity contribution in [3.05, 3.63) is 28.0 Å². The molecule has 2 aromatic rings. The van der Waals surface area contributed by atoms with Gasteiger partial charge in [0.15, 0.2) is 0 Å². The van der Waals surface area contributed by atoms with E-state index in [0.717, 1.165) is 41.5 Å². The molecule has 0 unspecified atom stereocenters. The fraction of sp³-hybridized carbons (Fsp3) is 0.500. The van der Waals surface area contributed by atoms with Gasteiger partial charge in [0, 0.05) is 19.8 Å². The van der Waals surface area contributed by atoms with E-state index in [0.29, 0.717) is 17.4 Å². The Bertz CT molecular complexity index is 655. The Labute approximate surface area is 134 Å². The molecule has 0 aliphatic rings. The van der Waals surface area contributed by atoms with E-state index in [2.05, 4.69) is 24.9 Å². The van der Waals surface area contributed by atoms with Gasteiger partial charge in [-0.15, -0.1) is 5.10 Å². The Kier molecular flexibility index (Phi) is 5.37. The van der Waals surface area contributed by atoms with Gasteiger partial charge in [-0.1, -0.05) is 17.8 Å². The summed E-state index contributed by atoms with van der Waals surface area (Å²) in [5, 5.41) is 6.89. The summed E-state index contributed by atoms with van der Waals surface area (Å²) in [6, 6.07) is 1.87. The van der Waals surface area contributed by atoms with Gasteiger partial charge in [-0.2, -0.15) is 0 Å². The molecular formula is C14H20N6OS. The third kappa shape index (κ3) is 3.97. The standard InChI is InChI=1S/C14H20N6OS/c1-5-6-11-12(22-19-18-11)13(21)15-8-10-7-9(2)16-14(17-10)20(3)4/h7H,5-6,8H2,1-4H3,(H,15,21). The largest absolute Gasteiger partial charge is 0.347 e. The lowest BCUT2D eigenvalue weighted by molar-refractivity contribution is 0.0953. The molecule has 7 nitrogen and oxygen atoms in total. The lowest BCUT2D eigenvalue weighted by Crippen LogP contribution is -2.24. The maximum atomic E-state index is 12.2. The highest BCUT2D eigenvalue weighted by atomic mass is 32.1. The van der Waals surface area contributed by atoms with Gasteiger partial charge < -0.3 is 10.2 Å². The van der Waals surface area contributed by atoms with Crippen molar-refractivity contribution in [3.63, 3.8) is 0 Å². The van der Waals surface area contributed by atoms with Crippen LogP contribution < -0.4 is 10.2 Å². The number of amides is 1. The molecule has 0 fully saturated rings. The Morgan fingerprint density at radius 1 is 1.36 bits per heavy atom. The highest BCUT2D eigenvalue weighted by Gasteiger charge is 2.15. The van der Waals surface area contributed by atoms with Gasteiger partial charge in [-0.3, -0.25) is 4.79 Å². The third-order valence-corrected chi connectivity index (χ3v) is 3.74. The molecule has 0 atom stereocenters. The van der Waals surface area contributed by atoms with E-state index in [9.17, 15) is 4.79 Å². The number of nitrogens with zero attached hydrogens (tertiary/aromatic N) is 5. The minimum absolute atomic E-state index is 0.152. The zero-order valence-electron chi connectivity index (χ0n) is 13.3. The zero-order valence-corrected chi connectivity index (χ0v) is 14.1. The van der Waals surface area contributed by atoms with Gasteiger partial charge >= 0.3 is 0 Å². The normalized spacial score (nSPS) is 10.5. The first-order chi connectivity index (χ1) is 10.5. The molecule has 1 N–H and O–H groups in total. The van der Waals surface area contributed by atoms with Crippen molar-refractivity contribution < 1.29 is 4.79 Å².